The number of piperidine rings is 1. The van der Waals surface area contributed by atoms with Gasteiger partial charge in [0.15, 0.2) is 6.23 Å². The molecule has 2 amide bonds. The molecule has 3 rings (SSSR count). The number of alkyl carbamates (subject to hydrolysis) is 1. The van der Waals surface area contributed by atoms with Crippen molar-refractivity contribution < 1.29 is 27.9 Å². The number of nitrogens with zero attached hydrogens (tertiary/aromatic N) is 1. The monoisotopic (exact) mass is 447 g/mol. The normalized spacial score (nSPS) is 18.1. The van der Waals surface area contributed by atoms with Gasteiger partial charge in [0.25, 0.3) is 0 Å². The Morgan fingerprint density at radius 3 is 2.58 bits per heavy atom. The van der Waals surface area contributed by atoms with E-state index in [0.29, 0.717) is 19.3 Å². The number of nitrogens with one attached hydrogen (secondary N) is 1. The van der Waals surface area contributed by atoms with Crippen molar-refractivity contribution in [2.45, 2.75) is 42.8 Å². The highest BCUT2D eigenvalue weighted by atomic mass is 32.2. The molecular formula is C21H25N3O6S. The van der Waals surface area contributed by atoms with E-state index in [4.69, 9.17) is 10.5 Å². The van der Waals surface area contributed by atoms with Gasteiger partial charge in [-0.3, -0.25) is 4.79 Å². The maximum absolute atomic E-state index is 13.0. The molecule has 0 aliphatic carbocycles. The number of carbonyl (C=O) groups is 2. The van der Waals surface area contributed by atoms with Gasteiger partial charge in [-0.25, -0.2) is 13.2 Å². The summed E-state index contributed by atoms with van der Waals surface area (Å²) in [4.78, 5) is 24.2. The minimum absolute atomic E-state index is 0.0949. The molecule has 4 N–H and O–H groups in total. The molecular weight excluding hydrogens is 422 g/mol. The van der Waals surface area contributed by atoms with Gasteiger partial charge in [-0.15, -0.1) is 0 Å². The average molecular weight is 448 g/mol. The van der Waals surface area contributed by atoms with E-state index in [1.54, 1.807) is 24.3 Å². The Morgan fingerprint density at radius 1 is 1.16 bits per heavy atom. The van der Waals surface area contributed by atoms with Crippen LogP contribution in [0, 0.1) is 0 Å². The standard InChI is InChI=1S/C21H25N3O6S/c22-20(26)18(13-15-7-2-1-3-8-15)23-21(27)30-19-11-4-5-12-24(19)31(28,29)17-10-6-9-16(25)14-17/h1-3,6-10,14,18-19,25H,4-5,11-13H2,(H2,22,26)(H,23,27)/t18-,19-/m0/s1. The van der Waals surface area contributed by atoms with Gasteiger partial charge < -0.3 is 20.9 Å². The summed E-state index contributed by atoms with van der Waals surface area (Å²) in [6, 6.07) is 13.3. The molecule has 10 heteroatoms. The molecule has 9 nitrogen and oxygen atoms in total. The van der Waals surface area contributed by atoms with Crippen LogP contribution in [0.25, 0.3) is 0 Å². The molecule has 1 aliphatic rings. The second-order valence-electron chi connectivity index (χ2n) is 7.26. The largest absolute Gasteiger partial charge is 0.508 e. The number of phenols is 1. The van der Waals surface area contributed by atoms with Crippen LogP contribution in [0.4, 0.5) is 4.79 Å². The van der Waals surface area contributed by atoms with E-state index in [2.05, 4.69) is 5.32 Å². The van der Waals surface area contributed by atoms with Gasteiger partial charge in [-0.2, -0.15) is 4.31 Å². The molecule has 1 fully saturated rings. The minimum atomic E-state index is -4.00. The Labute approximate surface area is 180 Å². The van der Waals surface area contributed by atoms with Crippen LogP contribution in [0.5, 0.6) is 5.75 Å². The molecule has 1 saturated heterocycles. The lowest BCUT2D eigenvalue weighted by Crippen LogP contribution is -2.50. The molecule has 1 heterocycles. The molecule has 31 heavy (non-hydrogen) atoms. The lowest BCUT2D eigenvalue weighted by Gasteiger charge is -2.34. The van der Waals surface area contributed by atoms with Crippen LogP contribution in [0.3, 0.4) is 0 Å². The van der Waals surface area contributed by atoms with E-state index in [0.717, 1.165) is 15.9 Å². The minimum Gasteiger partial charge on any atom is -0.508 e. The van der Waals surface area contributed by atoms with E-state index in [-0.39, 0.29) is 23.6 Å². The quantitative estimate of drug-likeness (QED) is 0.591. The van der Waals surface area contributed by atoms with Crippen molar-refractivity contribution in [1.82, 2.24) is 9.62 Å². The van der Waals surface area contributed by atoms with Crippen LogP contribution in [0.15, 0.2) is 59.5 Å². The fourth-order valence-electron chi connectivity index (χ4n) is 3.42. The number of carbonyl (C=O) groups excluding carboxylic acids is 2. The van der Waals surface area contributed by atoms with Crippen molar-refractivity contribution in [3.63, 3.8) is 0 Å². The molecule has 2 atom stereocenters. The lowest BCUT2D eigenvalue weighted by molar-refractivity contribution is -0.120. The number of nitrogens with two attached hydrogens (primary N) is 1. The van der Waals surface area contributed by atoms with Gasteiger partial charge in [0.2, 0.25) is 15.9 Å². The molecule has 0 radical (unpaired) electrons. The van der Waals surface area contributed by atoms with Gasteiger partial charge in [0.05, 0.1) is 4.90 Å². The van der Waals surface area contributed by atoms with Gasteiger partial charge in [0.1, 0.15) is 11.8 Å². The third kappa shape index (κ3) is 5.74. The summed E-state index contributed by atoms with van der Waals surface area (Å²) in [5.41, 5.74) is 6.22. The van der Waals surface area contributed by atoms with Crippen molar-refractivity contribution in [1.29, 1.82) is 0 Å². The number of primary amides is 1. The first kappa shape index (κ1) is 22.6. The smallest absolute Gasteiger partial charge is 0.409 e. The van der Waals surface area contributed by atoms with Crippen molar-refractivity contribution >= 4 is 22.0 Å². The molecule has 0 saturated carbocycles. The van der Waals surface area contributed by atoms with Crippen LogP contribution < -0.4 is 11.1 Å². The average Bonchev–Trinajstić information content (AvgIpc) is 2.74. The van der Waals surface area contributed by atoms with E-state index in [1.165, 1.54) is 18.2 Å². The predicted octanol–water partition coefficient (Wildman–Crippen LogP) is 1.72. The van der Waals surface area contributed by atoms with Crippen molar-refractivity contribution in [3.05, 3.63) is 60.2 Å². The number of hydrogen-bond acceptors (Lipinski definition) is 6. The van der Waals surface area contributed by atoms with E-state index in [9.17, 15) is 23.1 Å². The van der Waals surface area contributed by atoms with Crippen LogP contribution in [-0.4, -0.2) is 48.6 Å². The van der Waals surface area contributed by atoms with E-state index in [1.807, 2.05) is 6.07 Å². The summed E-state index contributed by atoms with van der Waals surface area (Å²) in [5.74, 6) is -0.910. The molecule has 1 aliphatic heterocycles. The van der Waals surface area contributed by atoms with E-state index < -0.39 is 34.3 Å². The Balaban J connectivity index is 1.71. The highest BCUT2D eigenvalue weighted by Crippen LogP contribution is 2.27. The first-order valence-electron chi connectivity index (χ1n) is 9.88. The number of ether oxygens (including phenoxy) is 1. The molecule has 0 unspecified atom stereocenters. The molecule has 2 aromatic carbocycles. The summed E-state index contributed by atoms with van der Waals surface area (Å²) in [6.45, 7) is 0.166. The fourth-order valence-corrected chi connectivity index (χ4v) is 5.04. The van der Waals surface area contributed by atoms with Crippen LogP contribution in [0.2, 0.25) is 0 Å². The highest BCUT2D eigenvalue weighted by molar-refractivity contribution is 7.89. The zero-order chi connectivity index (χ0) is 22.4. The predicted molar refractivity (Wildman–Crippen MR) is 112 cm³/mol. The topological polar surface area (TPSA) is 139 Å². The third-order valence-electron chi connectivity index (χ3n) is 4.99. The van der Waals surface area contributed by atoms with Crippen molar-refractivity contribution in [2.24, 2.45) is 5.73 Å². The first-order chi connectivity index (χ1) is 14.8. The second-order valence-corrected chi connectivity index (χ2v) is 9.15. The number of rotatable bonds is 7. The number of benzene rings is 2. The van der Waals surface area contributed by atoms with Gasteiger partial charge >= 0.3 is 6.09 Å². The number of phenolic OH excluding ortho intramolecular Hbond substituents is 1. The second kappa shape index (κ2) is 9.80. The van der Waals surface area contributed by atoms with Gasteiger partial charge in [-0.1, -0.05) is 36.4 Å². The van der Waals surface area contributed by atoms with Crippen LogP contribution in [-0.2, 0) is 26.0 Å². The zero-order valence-corrected chi connectivity index (χ0v) is 17.6. The maximum atomic E-state index is 13.0. The van der Waals surface area contributed by atoms with Crippen LogP contribution >= 0.6 is 0 Å². The maximum Gasteiger partial charge on any atom is 0.409 e. The number of aromatic hydroxyl groups is 1. The fraction of sp³-hybridized carbons (Fsp3) is 0.333. The molecule has 0 aromatic heterocycles. The Morgan fingerprint density at radius 2 is 1.90 bits per heavy atom. The Hall–Kier alpha value is -3.11. The molecule has 0 spiro atoms. The number of hydrogen-bond donors (Lipinski definition) is 3. The molecule has 0 bridgehead atoms. The van der Waals surface area contributed by atoms with Crippen LogP contribution in [0.1, 0.15) is 24.8 Å². The lowest BCUT2D eigenvalue weighted by atomic mass is 10.1. The van der Waals surface area contributed by atoms with E-state index >= 15 is 0 Å². The third-order valence-corrected chi connectivity index (χ3v) is 6.87. The van der Waals surface area contributed by atoms with Gasteiger partial charge in [-0.05, 0) is 43.0 Å². The van der Waals surface area contributed by atoms with Crippen molar-refractivity contribution in [3.8, 4) is 5.75 Å². The SMILES string of the molecule is NC(=O)[C@H](Cc1ccccc1)NC(=O)O[C@H]1CCCCN1S(=O)(=O)c1cccc(O)c1. The number of sulfonamides is 1. The zero-order valence-electron chi connectivity index (χ0n) is 16.8. The Bertz CT molecular complexity index is 1030. The summed E-state index contributed by atoms with van der Waals surface area (Å²) >= 11 is 0. The molecule has 2 aromatic rings. The summed E-state index contributed by atoms with van der Waals surface area (Å²) in [5, 5.41) is 12.1. The van der Waals surface area contributed by atoms with Gasteiger partial charge in [0, 0.05) is 13.0 Å². The Kier molecular flexibility index (Phi) is 7.13. The summed E-state index contributed by atoms with van der Waals surface area (Å²) in [7, 11) is -4.00. The summed E-state index contributed by atoms with van der Waals surface area (Å²) < 4.78 is 32.5. The number of amides is 2. The van der Waals surface area contributed by atoms with Crippen molar-refractivity contribution in [2.75, 3.05) is 6.54 Å². The highest BCUT2D eigenvalue weighted by Gasteiger charge is 2.36. The summed E-state index contributed by atoms with van der Waals surface area (Å²) in [6.07, 6.45) is -0.189. The molecule has 166 valence electrons. The first-order valence-corrected chi connectivity index (χ1v) is 11.3.